The summed E-state index contributed by atoms with van der Waals surface area (Å²) in [5, 5.41) is 11.8. The fourth-order valence-electron chi connectivity index (χ4n) is 1.37. The van der Waals surface area contributed by atoms with Crippen LogP contribution in [0.1, 0.15) is 10.4 Å². The van der Waals surface area contributed by atoms with Crippen LogP contribution in [0.25, 0.3) is 0 Å². The molecule has 0 fully saturated rings. The predicted molar refractivity (Wildman–Crippen MR) is 70.9 cm³/mol. The highest BCUT2D eigenvalue weighted by atomic mass is 35.5. The Morgan fingerprint density at radius 3 is 2.63 bits per heavy atom. The highest BCUT2D eigenvalue weighted by Crippen LogP contribution is 2.26. The minimum atomic E-state index is -1.14. The predicted octanol–water partition coefficient (Wildman–Crippen LogP) is 3.97. The molecule has 2 aromatic rings. The Balaban J connectivity index is 2.31. The number of hydrogen-bond acceptors (Lipinski definition) is 3. The summed E-state index contributed by atoms with van der Waals surface area (Å²) in [4.78, 5) is 14.6. The zero-order chi connectivity index (χ0) is 14.0. The highest BCUT2D eigenvalue weighted by Gasteiger charge is 2.10. The van der Waals surface area contributed by atoms with Gasteiger partial charge >= 0.3 is 5.97 Å². The monoisotopic (exact) mass is 300 g/mol. The van der Waals surface area contributed by atoms with Crippen molar-refractivity contribution in [2.24, 2.45) is 0 Å². The molecule has 0 aliphatic heterocycles. The topological polar surface area (TPSA) is 62.2 Å². The lowest BCUT2D eigenvalue weighted by Gasteiger charge is -2.09. The summed E-state index contributed by atoms with van der Waals surface area (Å²) in [5.41, 5.74) is 0.0917. The summed E-state index contributed by atoms with van der Waals surface area (Å²) < 4.78 is 13.6. The van der Waals surface area contributed by atoms with Gasteiger partial charge in [-0.3, -0.25) is 0 Å². The molecule has 2 rings (SSSR count). The van der Waals surface area contributed by atoms with Gasteiger partial charge in [0, 0.05) is 11.2 Å². The Bertz CT molecular complexity index is 650. The average molecular weight is 301 g/mol. The molecule has 0 saturated heterocycles. The summed E-state index contributed by atoms with van der Waals surface area (Å²) in [6.07, 6.45) is 1.13. The molecule has 0 atom stereocenters. The van der Waals surface area contributed by atoms with Crippen molar-refractivity contribution in [3.63, 3.8) is 0 Å². The summed E-state index contributed by atoms with van der Waals surface area (Å²) in [6.45, 7) is 0. The molecule has 1 heterocycles. The van der Waals surface area contributed by atoms with Crippen molar-refractivity contribution in [1.29, 1.82) is 0 Å². The van der Waals surface area contributed by atoms with E-state index in [0.717, 1.165) is 12.3 Å². The van der Waals surface area contributed by atoms with Gasteiger partial charge in [0.15, 0.2) is 0 Å². The van der Waals surface area contributed by atoms with E-state index in [-0.39, 0.29) is 27.1 Å². The second-order valence-corrected chi connectivity index (χ2v) is 4.45. The van der Waals surface area contributed by atoms with E-state index in [0.29, 0.717) is 0 Å². The molecule has 0 saturated carbocycles. The number of carbonyl (C=O) groups is 1. The molecule has 0 radical (unpaired) electrons. The zero-order valence-electron chi connectivity index (χ0n) is 9.32. The van der Waals surface area contributed by atoms with E-state index >= 15 is 0 Å². The van der Waals surface area contributed by atoms with E-state index in [1.165, 1.54) is 18.2 Å². The highest BCUT2D eigenvalue weighted by molar-refractivity contribution is 6.33. The molecule has 0 aliphatic carbocycles. The van der Waals surface area contributed by atoms with E-state index in [9.17, 15) is 9.18 Å². The van der Waals surface area contributed by atoms with Gasteiger partial charge in [-0.1, -0.05) is 23.2 Å². The number of aromatic nitrogens is 1. The summed E-state index contributed by atoms with van der Waals surface area (Å²) in [6, 6.07) is 5.31. The summed E-state index contributed by atoms with van der Waals surface area (Å²) >= 11 is 11.5. The number of anilines is 2. The number of nitrogens with one attached hydrogen (secondary N) is 1. The quantitative estimate of drug-likeness (QED) is 0.900. The third-order valence-electron chi connectivity index (χ3n) is 2.27. The van der Waals surface area contributed by atoms with Crippen LogP contribution in [-0.4, -0.2) is 16.1 Å². The number of carboxylic acid groups (broad SMARTS) is 1. The Morgan fingerprint density at radius 2 is 2.05 bits per heavy atom. The van der Waals surface area contributed by atoms with Crippen molar-refractivity contribution in [3.05, 3.63) is 51.9 Å². The number of hydrogen-bond donors (Lipinski definition) is 2. The van der Waals surface area contributed by atoms with Crippen LogP contribution >= 0.6 is 23.2 Å². The van der Waals surface area contributed by atoms with Gasteiger partial charge in [0.2, 0.25) is 0 Å². The van der Waals surface area contributed by atoms with Crippen LogP contribution in [0.2, 0.25) is 10.0 Å². The van der Waals surface area contributed by atoms with E-state index in [1.54, 1.807) is 0 Å². The maximum atomic E-state index is 13.6. The number of nitrogens with zero attached hydrogens (tertiary/aromatic N) is 1. The molecule has 4 nitrogen and oxygen atoms in total. The summed E-state index contributed by atoms with van der Waals surface area (Å²) in [7, 11) is 0. The first-order valence-electron chi connectivity index (χ1n) is 5.08. The van der Waals surface area contributed by atoms with Crippen molar-refractivity contribution in [1.82, 2.24) is 4.98 Å². The van der Waals surface area contributed by atoms with Crippen molar-refractivity contribution in [3.8, 4) is 0 Å². The average Bonchev–Trinajstić information content (AvgIpc) is 2.34. The molecule has 2 N–H and O–H groups in total. The first-order chi connectivity index (χ1) is 8.97. The summed E-state index contributed by atoms with van der Waals surface area (Å²) in [5.74, 6) is -1.54. The normalized spacial score (nSPS) is 10.3. The number of rotatable bonds is 3. The fourth-order valence-corrected chi connectivity index (χ4v) is 1.74. The molecule has 0 spiro atoms. The van der Waals surface area contributed by atoms with Gasteiger partial charge in [-0.2, -0.15) is 0 Å². The van der Waals surface area contributed by atoms with Gasteiger partial charge in [0.05, 0.1) is 16.3 Å². The Kier molecular flexibility index (Phi) is 3.87. The van der Waals surface area contributed by atoms with Gasteiger partial charge in [-0.15, -0.1) is 0 Å². The third-order valence-corrected chi connectivity index (χ3v) is 2.80. The number of pyridine rings is 1. The fraction of sp³-hybridized carbons (Fsp3) is 0. The molecule has 7 heteroatoms. The van der Waals surface area contributed by atoms with Crippen molar-refractivity contribution >= 4 is 40.7 Å². The molecule has 0 unspecified atom stereocenters. The third kappa shape index (κ3) is 3.13. The molecule has 19 heavy (non-hydrogen) atoms. The minimum Gasteiger partial charge on any atom is -0.478 e. The van der Waals surface area contributed by atoms with Crippen LogP contribution in [0, 0.1) is 5.82 Å². The molecule has 0 bridgehead atoms. The molecule has 1 aromatic heterocycles. The van der Waals surface area contributed by atoms with E-state index < -0.39 is 11.8 Å². The Morgan fingerprint density at radius 1 is 1.32 bits per heavy atom. The largest absolute Gasteiger partial charge is 0.478 e. The van der Waals surface area contributed by atoms with Gasteiger partial charge in [0.1, 0.15) is 11.6 Å². The van der Waals surface area contributed by atoms with Crippen LogP contribution in [0.15, 0.2) is 30.5 Å². The van der Waals surface area contributed by atoms with E-state index in [4.69, 9.17) is 28.3 Å². The number of benzene rings is 1. The molecule has 1 aromatic carbocycles. The van der Waals surface area contributed by atoms with Crippen molar-refractivity contribution in [2.75, 3.05) is 5.32 Å². The number of aromatic carboxylic acids is 1. The number of halogens is 3. The maximum absolute atomic E-state index is 13.6. The molecular weight excluding hydrogens is 294 g/mol. The molecule has 0 amide bonds. The smallest absolute Gasteiger partial charge is 0.337 e. The van der Waals surface area contributed by atoms with Gasteiger partial charge in [0.25, 0.3) is 0 Å². The second kappa shape index (κ2) is 5.42. The Hall–Kier alpha value is -1.85. The van der Waals surface area contributed by atoms with Crippen LogP contribution in [-0.2, 0) is 0 Å². The first-order valence-corrected chi connectivity index (χ1v) is 5.84. The standard InChI is InChI=1S/C12H7Cl2FN2O2/c13-7-1-2-10(9(15)4-7)17-11-8(14)3-6(5-16-11)12(18)19/h1-5H,(H,16,17)(H,18,19). The lowest BCUT2D eigenvalue weighted by Crippen LogP contribution is -2.01. The van der Waals surface area contributed by atoms with Crippen molar-refractivity contribution in [2.45, 2.75) is 0 Å². The van der Waals surface area contributed by atoms with Gasteiger partial charge in [-0.25, -0.2) is 14.2 Å². The van der Waals surface area contributed by atoms with Crippen LogP contribution in [0.5, 0.6) is 0 Å². The maximum Gasteiger partial charge on any atom is 0.337 e. The first kappa shape index (κ1) is 13.6. The van der Waals surface area contributed by atoms with Crippen molar-refractivity contribution < 1.29 is 14.3 Å². The zero-order valence-corrected chi connectivity index (χ0v) is 10.8. The van der Waals surface area contributed by atoms with Gasteiger partial charge in [-0.05, 0) is 24.3 Å². The molecular formula is C12H7Cl2FN2O2. The SMILES string of the molecule is O=C(O)c1cnc(Nc2ccc(Cl)cc2F)c(Cl)c1. The van der Waals surface area contributed by atoms with Crippen LogP contribution < -0.4 is 5.32 Å². The van der Waals surface area contributed by atoms with Gasteiger partial charge < -0.3 is 10.4 Å². The minimum absolute atomic E-state index is 0.0490. The van der Waals surface area contributed by atoms with Crippen LogP contribution in [0.3, 0.4) is 0 Å². The lowest BCUT2D eigenvalue weighted by atomic mass is 10.2. The van der Waals surface area contributed by atoms with E-state index in [1.807, 2.05) is 0 Å². The van der Waals surface area contributed by atoms with Crippen LogP contribution in [0.4, 0.5) is 15.9 Å². The second-order valence-electron chi connectivity index (χ2n) is 3.61. The molecule has 0 aliphatic rings. The lowest BCUT2D eigenvalue weighted by molar-refractivity contribution is 0.0696. The Labute approximate surface area is 117 Å². The molecule has 98 valence electrons. The number of carboxylic acids is 1. The van der Waals surface area contributed by atoms with E-state index in [2.05, 4.69) is 10.3 Å².